The lowest BCUT2D eigenvalue weighted by atomic mass is 10.0. The number of carbonyl (C=O) groups is 1. The maximum absolute atomic E-state index is 13.2. The van der Waals surface area contributed by atoms with Crippen LogP contribution >= 0.6 is 11.3 Å². The van der Waals surface area contributed by atoms with Crippen LogP contribution in [-0.2, 0) is 10.3 Å². The summed E-state index contributed by atoms with van der Waals surface area (Å²) < 4.78 is 5.41. The van der Waals surface area contributed by atoms with E-state index in [0.29, 0.717) is 12.5 Å². The molecule has 0 aliphatic carbocycles. The first kappa shape index (κ1) is 20.6. The molecule has 0 aromatic carbocycles. The van der Waals surface area contributed by atoms with Crippen molar-refractivity contribution in [3.05, 3.63) is 40.8 Å². The van der Waals surface area contributed by atoms with Gasteiger partial charge in [-0.15, -0.1) is 11.3 Å². The Hall–Kier alpha value is -2.69. The molecule has 1 saturated heterocycles. The predicted molar refractivity (Wildman–Crippen MR) is 117 cm³/mol. The summed E-state index contributed by atoms with van der Waals surface area (Å²) in [5, 5.41) is 2.84. The minimum absolute atomic E-state index is 0.0773. The highest BCUT2D eigenvalue weighted by molar-refractivity contribution is 7.16. The molecule has 10 heteroatoms. The molecule has 2 aromatic heterocycles. The molecule has 9 nitrogen and oxygen atoms in total. The van der Waals surface area contributed by atoms with Crippen molar-refractivity contribution in [2.45, 2.75) is 19.4 Å². The van der Waals surface area contributed by atoms with Crippen LogP contribution in [-0.4, -0.2) is 65.1 Å². The van der Waals surface area contributed by atoms with E-state index < -0.39 is 0 Å². The van der Waals surface area contributed by atoms with Crippen LogP contribution in [0.3, 0.4) is 0 Å². The van der Waals surface area contributed by atoms with Gasteiger partial charge in [0.2, 0.25) is 5.95 Å². The molecular formula is C20H27N7O2S. The molecule has 1 amide bonds. The fraction of sp³-hybridized carbons (Fsp3) is 0.450. The molecule has 0 bridgehead atoms. The first-order valence-corrected chi connectivity index (χ1v) is 10.8. The van der Waals surface area contributed by atoms with Crippen molar-refractivity contribution >= 4 is 23.2 Å². The second-order valence-electron chi connectivity index (χ2n) is 7.84. The molecule has 0 radical (unpaired) electrons. The Morgan fingerprint density at radius 2 is 2.13 bits per heavy atom. The number of amides is 1. The summed E-state index contributed by atoms with van der Waals surface area (Å²) in [6.45, 7) is 9.13. The number of rotatable bonds is 6. The minimum atomic E-state index is -0.359. The molecule has 0 atom stereocenters. The van der Waals surface area contributed by atoms with Gasteiger partial charge in [0.15, 0.2) is 0 Å². The van der Waals surface area contributed by atoms with Gasteiger partial charge in [0.25, 0.3) is 5.91 Å². The van der Waals surface area contributed by atoms with Gasteiger partial charge in [-0.1, -0.05) is 0 Å². The lowest BCUT2D eigenvalue weighted by Crippen LogP contribution is -2.46. The van der Waals surface area contributed by atoms with E-state index in [-0.39, 0.29) is 17.3 Å². The molecule has 160 valence electrons. The van der Waals surface area contributed by atoms with Crippen LogP contribution < -0.4 is 16.8 Å². The Balaban J connectivity index is 1.53. The summed E-state index contributed by atoms with van der Waals surface area (Å²) in [6, 6.07) is 3.76. The van der Waals surface area contributed by atoms with E-state index in [1.54, 1.807) is 17.5 Å². The van der Waals surface area contributed by atoms with Gasteiger partial charge in [0.05, 0.1) is 34.9 Å². The largest absolute Gasteiger partial charge is 0.402 e. The number of nitrogens with one attached hydrogen (secondary N) is 1. The summed E-state index contributed by atoms with van der Waals surface area (Å²) in [5.74, 6) is 0.708. The third kappa shape index (κ3) is 3.85. The van der Waals surface area contributed by atoms with Gasteiger partial charge < -0.3 is 26.4 Å². The van der Waals surface area contributed by atoms with Crippen LogP contribution in [0, 0.1) is 0 Å². The van der Waals surface area contributed by atoms with Crippen molar-refractivity contribution in [1.29, 1.82) is 0 Å². The molecule has 0 spiro atoms. The number of nitrogens with zero attached hydrogens (tertiary/aromatic N) is 4. The van der Waals surface area contributed by atoms with Crippen molar-refractivity contribution in [2.24, 2.45) is 11.5 Å². The number of aromatic nitrogens is 2. The summed E-state index contributed by atoms with van der Waals surface area (Å²) in [5.41, 5.74) is 12.2. The van der Waals surface area contributed by atoms with Crippen LogP contribution in [0.4, 0.5) is 5.95 Å². The zero-order valence-corrected chi connectivity index (χ0v) is 18.0. The highest BCUT2D eigenvalue weighted by Crippen LogP contribution is 2.45. The van der Waals surface area contributed by atoms with E-state index in [4.69, 9.17) is 16.2 Å². The van der Waals surface area contributed by atoms with Crippen molar-refractivity contribution in [1.82, 2.24) is 19.8 Å². The average molecular weight is 430 g/mol. The normalized spacial score (nSPS) is 19.2. The SMILES string of the molecule is CC1(C)c2sc(-c3ccnc(N/C(N)=C/N)n3)cc2C(=O)N1CCN1CCOCC1. The van der Waals surface area contributed by atoms with Crippen molar-refractivity contribution < 1.29 is 9.53 Å². The molecule has 4 heterocycles. The Bertz CT molecular complexity index is 966. The summed E-state index contributed by atoms with van der Waals surface area (Å²) in [6.07, 6.45) is 2.91. The van der Waals surface area contributed by atoms with Crippen LogP contribution in [0.2, 0.25) is 0 Å². The lowest BCUT2D eigenvalue weighted by molar-refractivity contribution is 0.0263. The van der Waals surface area contributed by atoms with Gasteiger partial charge in [-0.3, -0.25) is 9.69 Å². The van der Waals surface area contributed by atoms with Gasteiger partial charge in [-0.25, -0.2) is 9.97 Å². The number of thiophene rings is 1. The zero-order chi connectivity index (χ0) is 21.3. The number of fused-ring (bicyclic) bond motifs is 1. The fourth-order valence-electron chi connectivity index (χ4n) is 3.83. The van der Waals surface area contributed by atoms with E-state index in [1.165, 1.54) is 6.20 Å². The molecule has 0 unspecified atom stereocenters. The highest BCUT2D eigenvalue weighted by atomic mass is 32.1. The maximum atomic E-state index is 13.2. The summed E-state index contributed by atoms with van der Waals surface area (Å²) >= 11 is 1.60. The Kier molecular flexibility index (Phi) is 5.63. The number of nitrogens with two attached hydrogens (primary N) is 2. The van der Waals surface area contributed by atoms with Crippen molar-refractivity contribution in [3.8, 4) is 10.6 Å². The number of carbonyl (C=O) groups excluding carboxylic acids is 1. The van der Waals surface area contributed by atoms with E-state index in [2.05, 4.69) is 34.0 Å². The third-order valence-corrected chi connectivity index (χ3v) is 7.00. The van der Waals surface area contributed by atoms with E-state index >= 15 is 0 Å². The Labute approximate surface area is 179 Å². The second kappa shape index (κ2) is 8.21. The fourth-order valence-corrected chi connectivity index (χ4v) is 5.06. The molecule has 2 aromatic rings. The van der Waals surface area contributed by atoms with Crippen LogP contribution in [0.25, 0.3) is 10.6 Å². The third-order valence-electron chi connectivity index (χ3n) is 5.53. The van der Waals surface area contributed by atoms with Crippen molar-refractivity contribution in [2.75, 3.05) is 44.7 Å². The Morgan fingerprint density at radius 1 is 1.37 bits per heavy atom. The minimum Gasteiger partial charge on any atom is -0.402 e. The quantitative estimate of drug-likeness (QED) is 0.629. The summed E-state index contributed by atoms with van der Waals surface area (Å²) in [4.78, 5) is 28.2. The van der Waals surface area contributed by atoms with Gasteiger partial charge >= 0.3 is 0 Å². The topological polar surface area (TPSA) is 123 Å². The molecule has 5 N–H and O–H groups in total. The first-order valence-electron chi connectivity index (χ1n) is 9.94. The van der Waals surface area contributed by atoms with Gasteiger partial charge in [0, 0.05) is 43.5 Å². The van der Waals surface area contributed by atoms with E-state index in [9.17, 15) is 4.79 Å². The van der Waals surface area contributed by atoms with Gasteiger partial charge in [-0.05, 0) is 26.0 Å². The predicted octanol–water partition coefficient (Wildman–Crippen LogP) is 1.36. The first-order chi connectivity index (χ1) is 14.4. The number of hydrogen-bond donors (Lipinski definition) is 3. The zero-order valence-electron chi connectivity index (χ0n) is 17.2. The number of anilines is 1. The average Bonchev–Trinajstić information content (AvgIpc) is 3.27. The monoisotopic (exact) mass is 429 g/mol. The molecular weight excluding hydrogens is 402 g/mol. The van der Waals surface area contributed by atoms with E-state index in [1.807, 2.05) is 17.0 Å². The number of hydrogen-bond acceptors (Lipinski definition) is 9. The number of morpholine rings is 1. The molecule has 0 saturated carbocycles. The van der Waals surface area contributed by atoms with Crippen molar-refractivity contribution in [3.63, 3.8) is 0 Å². The van der Waals surface area contributed by atoms with Crippen LogP contribution in [0.5, 0.6) is 0 Å². The highest BCUT2D eigenvalue weighted by Gasteiger charge is 2.44. The van der Waals surface area contributed by atoms with E-state index in [0.717, 1.165) is 53.9 Å². The molecule has 2 aliphatic rings. The lowest BCUT2D eigenvalue weighted by Gasteiger charge is -2.35. The van der Waals surface area contributed by atoms with Crippen LogP contribution in [0.15, 0.2) is 30.4 Å². The number of ether oxygens (including phenoxy) is 1. The Morgan fingerprint density at radius 3 is 2.83 bits per heavy atom. The van der Waals surface area contributed by atoms with Crippen LogP contribution in [0.1, 0.15) is 29.1 Å². The maximum Gasteiger partial charge on any atom is 0.255 e. The molecule has 30 heavy (non-hydrogen) atoms. The van der Waals surface area contributed by atoms with Gasteiger partial charge in [-0.2, -0.15) is 0 Å². The van der Waals surface area contributed by atoms with Gasteiger partial charge in [0.1, 0.15) is 5.82 Å². The molecule has 4 rings (SSSR count). The standard InChI is InChI=1S/C20H27N7O2S/c1-20(2)17-13(18(28)27(20)6-5-26-7-9-29-10-8-26)11-15(30-17)14-3-4-23-19(24-14)25-16(22)12-21/h3-4,11-12H,5-10,21-22H2,1-2H3,(H,23,24,25)/b16-12+. The molecule has 1 fully saturated rings. The second-order valence-corrected chi connectivity index (χ2v) is 8.89. The smallest absolute Gasteiger partial charge is 0.255 e. The summed E-state index contributed by atoms with van der Waals surface area (Å²) in [7, 11) is 0. The molecule has 2 aliphatic heterocycles.